The lowest BCUT2D eigenvalue weighted by Gasteiger charge is -2.30. The summed E-state index contributed by atoms with van der Waals surface area (Å²) in [5.41, 5.74) is 6.12. The molecule has 0 amide bonds. The maximum absolute atomic E-state index is 14.1. The molecule has 3 unspecified atom stereocenters. The molecule has 1 aliphatic heterocycles. The van der Waals surface area contributed by atoms with Gasteiger partial charge in [0, 0.05) is 33.7 Å². The van der Waals surface area contributed by atoms with Crippen molar-refractivity contribution in [3.63, 3.8) is 0 Å². The number of phosphoric acid groups is 1. The van der Waals surface area contributed by atoms with E-state index in [1.807, 2.05) is 70.2 Å². The van der Waals surface area contributed by atoms with Crippen LogP contribution in [0.5, 0.6) is 17.2 Å². The van der Waals surface area contributed by atoms with Crippen LogP contribution < -0.4 is 34.9 Å². The molecule has 45 heavy (non-hydrogen) atoms. The van der Waals surface area contributed by atoms with Gasteiger partial charge in [0.25, 0.3) is 0 Å². The third kappa shape index (κ3) is 5.31. The van der Waals surface area contributed by atoms with Crippen molar-refractivity contribution in [3.05, 3.63) is 110 Å². The first-order valence-corrected chi connectivity index (χ1v) is 17.1. The average molecular weight is 621 g/mol. The number of aryl methyl sites for hydroxylation is 2. The van der Waals surface area contributed by atoms with Gasteiger partial charge in [-0.1, -0.05) is 71.8 Å². The highest BCUT2D eigenvalue weighted by Crippen LogP contribution is 2.57. The SMILES string of the molecule is CCOc1ccc(C)cc1-c1cc2c(c3c1OP(=O)(O)OC1C3=c3ccccc3=CC1c1cc(C)ccc1OCC)=CCCC=2. The molecule has 0 saturated heterocycles. The van der Waals surface area contributed by atoms with Crippen molar-refractivity contribution in [2.75, 3.05) is 13.2 Å². The third-order valence-corrected chi connectivity index (χ3v) is 9.63. The summed E-state index contributed by atoms with van der Waals surface area (Å²) in [6, 6.07) is 22.3. The quantitative estimate of drug-likeness (QED) is 0.276. The molecule has 3 aliphatic rings. The van der Waals surface area contributed by atoms with Gasteiger partial charge >= 0.3 is 7.82 Å². The van der Waals surface area contributed by atoms with Gasteiger partial charge in [0.2, 0.25) is 0 Å². The molecule has 1 N–H and O–H groups in total. The Bertz CT molecular complexity index is 2130. The topological polar surface area (TPSA) is 74.2 Å². The number of ether oxygens (including phenoxy) is 2. The Balaban J connectivity index is 1.63. The number of phosphoric ester groups is 1. The van der Waals surface area contributed by atoms with E-state index in [0.29, 0.717) is 30.3 Å². The molecule has 0 aromatic heterocycles. The molecular weight excluding hydrogens is 583 g/mol. The molecule has 6 nitrogen and oxygen atoms in total. The monoisotopic (exact) mass is 620 g/mol. The molecule has 0 fully saturated rings. The van der Waals surface area contributed by atoms with E-state index in [2.05, 4.69) is 42.5 Å². The molecule has 7 heteroatoms. The van der Waals surface area contributed by atoms with Crippen LogP contribution in [0.25, 0.3) is 34.9 Å². The first-order chi connectivity index (χ1) is 21.8. The Morgan fingerprint density at radius 1 is 0.844 bits per heavy atom. The molecular formula is C38H37O6P. The second-order valence-electron chi connectivity index (χ2n) is 11.8. The number of hydrogen-bond acceptors (Lipinski definition) is 5. The molecule has 0 saturated carbocycles. The van der Waals surface area contributed by atoms with E-state index in [0.717, 1.165) is 72.9 Å². The van der Waals surface area contributed by atoms with Crippen LogP contribution in [0.2, 0.25) is 0 Å². The van der Waals surface area contributed by atoms with E-state index in [4.69, 9.17) is 18.5 Å². The minimum Gasteiger partial charge on any atom is -0.494 e. The first kappa shape index (κ1) is 29.6. The summed E-state index contributed by atoms with van der Waals surface area (Å²) in [7, 11) is -4.64. The smallest absolute Gasteiger partial charge is 0.494 e. The Hall–Kier alpha value is -4.09. The molecule has 1 heterocycles. The maximum atomic E-state index is 14.1. The van der Waals surface area contributed by atoms with E-state index >= 15 is 0 Å². The predicted octanol–water partition coefficient (Wildman–Crippen LogP) is 5.78. The van der Waals surface area contributed by atoms with Crippen molar-refractivity contribution >= 4 is 31.6 Å². The summed E-state index contributed by atoms with van der Waals surface area (Å²) < 4.78 is 38.7. The van der Waals surface area contributed by atoms with Gasteiger partial charge in [0.1, 0.15) is 23.4 Å². The zero-order valence-electron chi connectivity index (χ0n) is 26.0. The molecule has 230 valence electrons. The number of fused-ring (bicyclic) bond motifs is 6. The van der Waals surface area contributed by atoms with E-state index in [9.17, 15) is 9.46 Å². The van der Waals surface area contributed by atoms with Gasteiger partial charge in [-0.15, -0.1) is 0 Å². The molecule has 3 atom stereocenters. The zero-order valence-corrected chi connectivity index (χ0v) is 26.9. The average Bonchev–Trinajstić information content (AvgIpc) is 3.15. The Morgan fingerprint density at radius 2 is 1.56 bits per heavy atom. The van der Waals surface area contributed by atoms with Crippen molar-refractivity contribution in [1.82, 2.24) is 0 Å². The Kier molecular flexibility index (Phi) is 7.69. The van der Waals surface area contributed by atoms with E-state index in [1.54, 1.807) is 0 Å². The largest absolute Gasteiger partial charge is 0.528 e. The van der Waals surface area contributed by atoms with E-state index in [1.165, 1.54) is 0 Å². The molecule has 7 rings (SSSR count). The maximum Gasteiger partial charge on any atom is 0.528 e. The van der Waals surface area contributed by atoms with Crippen LogP contribution in [0.4, 0.5) is 0 Å². The van der Waals surface area contributed by atoms with Gasteiger partial charge in [0.05, 0.1) is 13.2 Å². The van der Waals surface area contributed by atoms with Crippen molar-refractivity contribution in [1.29, 1.82) is 0 Å². The second kappa shape index (κ2) is 11.7. The van der Waals surface area contributed by atoms with Gasteiger partial charge in [-0.2, -0.15) is 0 Å². The van der Waals surface area contributed by atoms with Crippen molar-refractivity contribution < 1.29 is 28.0 Å². The summed E-state index contributed by atoms with van der Waals surface area (Å²) in [5, 5.41) is 4.01. The van der Waals surface area contributed by atoms with Gasteiger partial charge < -0.3 is 14.0 Å². The van der Waals surface area contributed by atoms with Crippen LogP contribution in [0.3, 0.4) is 0 Å². The molecule has 2 aliphatic carbocycles. The van der Waals surface area contributed by atoms with Crippen LogP contribution in [0.15, 0.2) is 66.7 Å². The van der Waals surface area contributed by atoms with Crippen LogP contribution >= 0.6 is 7.82 Å². The van der Waals surface area contributed by atoms with Crippen LogP contribution in [0, 0.1) is 13.8 Å². The molecule has 4 aromatic rings. The highest BCUT2D eigenvalue weighted by atomic mass is 31.2. The first-order valence-electron chi connectivity index (χ1n) is 15.6. The molecule has 4 aromatic carbocycles. The lowest BCUT2D eigenvalue weighted by molar-refractivity contribution is 0.169. The Labute approximate surface area is 263 Å². The summed E-state index contributed by atoms with van der Waals surface area (Å²) >= 11 is 0. The number of rotatable bonds is 6. The zero-order chi connectivity index (χ0) is 31.3. The standard InChI is InChI=1S/C38H37O6P/c1-5-41-33-17-15-23(3)19-29(33)31-21-25-11-7-9-13-27(25)35-36-28-14-10-8-12-26(28)22-32(38(36)44-45(39,40)43-37(31)35)30-20-24(4)16-18-34(30)42-6-2/h7,9,11-22,31,37H,5-6,8,10H2,1-4H3,(H,39,40). The van der Waals surface area contributed by atoms with Crippen molar-refractivity contribution in [3.8, 4) is 28.4 Å². The molecule has 0 spiro atoms. The highest BCUT2D eigenvalue weighted by molar-refractivity contribution is 7.48. The summed E-state index contributed by atoms with van der Waals surface area (Å²) in [4.78, 5) is 11.5. The summed E-state index contributed by atoms with van der Waals surface area (Å²) in [6.45, 7) is 8.94. The van der Waals surface area contributed by atoms with Gasteiger partial charge in [-0.3, -0.25) is 9.42 Å². The molecule has 0 radical (unpaired) electrons. The third-order valence-electron chi connectivity index (χ3n) is 8.72. The molecule has 0 bridgehead atoms. The van der Waals surface area contributed by atoms with Crippen molar-refractivity contribution in [2.45, 2.75) is 52.6 Å². The minimum atomic E-state index is -4.64. The lowest BCUT2D eigenvalue weighted by Crippen LogP contribution is -2.42. The van der Waals surface area contributed by atoms with E-state index in [-0.39, 0.29) is 0 Å². The lowest BCUT2D eigenvalue weighted by atomic mass is 9.78. The van der Waals surface area contributed by atoms with E-state index < -0.39 is 19.8 Å². The predicted molar refractivity (Wildman–Crippen MR) is 178 cm³/mol. The number of hydrogen-bond donors (Lipinski definition) is 1. The van der Waals surface area contributed by atoms with Gasteiger partial charge in [0.15, 0.2) is 0 Å². The minimum absolute atomic E-state index is 0.333. The second-order valence-corrected chi connectivity index (χ2v) is 13.1. The summed E-state index contributed by atoms with van der Waals surface area (Å²) in [6.07, 6.45) is 7.52. The normalized spacial score (nSPS) is 21.3. The fourth-order valence-electron chi connectivity index (χ4n) is 6.90. The fraction of sp³-hybridized carbons (Fsp3) is 0.263. The fourth-order valence-corrected chi connectivity index (χ4v) is 7.89. The van der Waals surface area contributed by atoms with Crippen LogP contribution in [0.1, 0.15) is 54.9 Å². The van der Waals surface area contributed by atoms with Gasteiger partial charge in [-0.05, 0) is 85.7 Å². The van der Waals surface area contributed by atoms with Crippen LogP contribution in [-0.2, 0) is 9.09 Å². The number of benzene rings is 4. The summed E-state index contributed by atoms with van der Waals surface area (Å²) in [5.74, 6) is 1.32. The Morgan fingerprint density at radius 3 is 2.36 bits per heavy atom. The van der Waals surface area contributed by atoms with Crippen molar-refractivity contribution in [2.24, 2.45) is 0 Å². The van der Waals surface area contributed by atoms with Gasteiger partial charge in [-0.25, -0.2) is 4.57 Å². The van der Waals surface area contributed by atoms with Crippen LogP contribution in [-0.4, -0.2) is 24.2 Å². The highest BCUT2D eigenvalue weighted by Gasteiger charge is 2.44.